The van der Waals surface area contributed by atoms with Crippen LogP contribution in [0.1, 0.15) is 27.9 Å². The van der Waals surface area contributed by atoms with Crippen LogP contribution in [-0.4, -0.2) is 38.4 Å². The van der Waals surface area contributed by atoms with Gasteiger partial charge in [-0.2, -0.15) is 0 Å². The quantitative estimate of drug-likeness (QED) is 0.603. The van der Waals surface area contributed by atoms with Gasteiger partial charge in [0.05, 0.1) is 11.3 Å². The maximum Gasteiger partial charge on any atom is 0.310 e. The Bertz CT molecular complexity index is 1160. The lowest BCUT2D eigenvalue weighted by Gasteiger charge is -2.02. The van der Waals surface area contributed by atoms with Crippen LogP contribution in [-0.2, 0) is 16.0 Å². The van der Waals surface area contributed by atoms with Crippen LogP contribution in [0, 0.1) is 0 Å². The fourth-order valence-corrected chi connectivity index (χ4v) is 3.26. The highest BCUT2D eigenvalue weighted by Gasteiger charge is 2.30. The highest BCUT2D eigenvalue weighted by atomic mass is 16.4. The molecule has 1 aliphatic rings. The number of hydrogen-bond acceptors (Lipinski definition) is 5. The van der Waals surface area contributed by atoms with Crippen LogP contribution < -0.4 is 0 Å². The van der Waals surface area contributed by atoms with Crippen molar-refractivity contribution in [3.8, 4) is 5.88 Å². The Kier molecular flexibility index (Phi) is 3.84. The number of para-hydroxylation sites is 1. The number of nitrogens with zero attached hydrogens (tertiary/aromatic N) is 1. The van der Waals surface area contributed by atoms with Crippen molar-refractivity contribution < 1.29 is 24.6 Å². The number of aliphatic imine (C=N–C) groups is 1. The minimum atomic E-state index is -1.18. The number of benzene rings is 2. The van der Waals surface area contributed by atoms with Crippen molar-refractivity contribution >= 4 is 39.8 Å². The number of fused-ring (bicyclic) bond motifs is 2. The second-order valence-corrected chi connectivity index (χ2v) is 6.32. The van der Waals surface area contributed by atoms with Gasteiger partial charge in [-0.3, -0.25) is 14.4 Å². The molecule has 7 nitrogen and oxygen atoms in total. The van der Waals surface area contributed by atoms with Gasteiger partial charge >= 0.3 is 5.97 Å². The number of hydrogen-bond donors (Lipinski definition) is 3. The molecule has 27 heavy (non-hydrogen) atoms. The molecule has 4 rings (SSSR count). The molecule has 0 aliphatic carbocycles. The van der Waals surface area contributed by atoms with Crippen molar-refractivity contribution in [1.82, 2.24) is 4.98 Å². The van der Waals surface area contributed by atoms with E-state index in [2.05, 4.69) is 9.98 Å². The van der Waals surface area contributed by atoms with E-state index in [4.69, 9.17) is 5.11 Å². The first-order valence-electron chi connectivity index (χ1n) is 8.24. The first-order chi connectivity index (χ1) is 12.9. The summed E-state index contributed by atoms with van der Waals surface area (Å²) in [6.07, 6.45) is -0.599. The summed E-state index contributed by atoms with van der Waals surface area (Å²) >= 11 is 0. The summed E-state index contributed by atoms with van der Waals surface area (Å²) in [5.41, 5.74) is 2.60. The molecule has 2 heterocycles. The summed E-state index contributed by atoms with van der Waals surface area (Å²) in [4.78, 5) is 42.3. The number of nitrogens with one attached hydrogen (secondary N) is 1. The molecule has 2 aromatic carbocycles. The summed E-state index contributed by atoms with van der Waals surface area (Å²) in [5, 5.41) is 19.6. The molecule has 3 aromatic rings. The second kappa shape index (κ2) is 6.21. The SMILES string of the molecule is O=C(O)CC(=O)Cc1ccc2[nH]c(O)c(C3=Nc4ccccc4C3=O)c2c1. The lowest BCUT2D eigenvalue weighted by molar-refractivity contribution is -0.140. The summed E-state index contributed by atoms with van der Waals surface area (Å²) in [6.45, 7) is 0. The first-order valence-corrected chi connectivity index (χ1v) is 8.24. The summed E-state index contributed by atoms with van der Waals surface area (Å²) in [7, 11) is 0. The molecule has 0 amide bonds. The van der Waals surface area contributed by atoms with Crippen LogP contribution in [0.2, 0.25) is 0 Å². The normalized spacial score (nSPS) is 12.9. The predicted molar refractivity (Wildman–Crippen MR) is 97.9 cm³/mol. The summed E-state index contributed by atoms with van der Waals surface area (Å²) in [5.74, 6) is -2.07. The van der Waals surface area contributed by atoms with Gasteiger partial charge in [0.15, 0.2) is 5.88 Å². The summed E-state index contributed by atoms with van der Waals surface area (Å²) in [6, 6.07) is 11.9. The molecule has 0 saturated carbocycles. The molecular weight excluding hydrogens is 348 g/mol. The molecule has 3 N–H and O–H groups in total. The molecule has 1 aromatic heterocycles. The maximum absolute atomic E-state index is 12.7. The topological polar surface area (TPSA) is 120 Å². The number of carbonyl (C=O) groups excluding carboxylic acids is 2. The smallest absolute Gasteiger partial charge is 0.310 e. The third-order valence-corrected chi connectivity index (χ3v) is 4.43. The number of rotatable bonds is 5. The van der Waals surface area contributed by atoms with E-state index in [0.717, 1.165) is 0 Å². The van der Waals surface area contributed by atoms with Gasteiger partial charge < -0.3 is 15.2 Å². The van der Waals surface area contributed by atoms with Crippen molar-refractivity contribution in [3.05, 3.63) is 59.2 Å². The monoisotopic (exact) mass is 362 g/mol. The zero-order chi connectivity index (χ0) is 19.1. The highest BCUT2D eigenvalue weighted by molar-refractivity contribution is 6.56. The summed E-state index contributed by atoms with van der Waals surface area (Å²) < 4.78 is 0. The predicted octanol–water partition coefficient (Wildman–Crippen LogP) is 2.78. The molecule has 0 radical (unpaired) electrons. The van der Waals surface area contributed by atoms with E-state index < -0.39 is 18.2 Å². The second-order valence-electron chi connectivity index (χ2n) is 6.32. The lowest BCUT2D eigenvalue weighted by atomic mass is 9.99. The number of aromatic amines is 1. The minimum absolute atomic E-state index is 0.0474. The van der Waals surface area contributed by atoms with Crippen molar-refractivity contribution in [2.24, 2.45) is 4.99 Å². The standard InChI is InChI=1S/C20H14N2O5/c23-11(9-16(24)25)7-10-5-6-15-13(8-10)17(20(27)22-15)18-19(26)12-3-1-2-4-14(12)21-18/h1-6,8,22,27H,7,9H2,(H,24,25). The number of Topliss-reactive ketones (excluding diaryl/α,β-unsaturated/α-hetero) is 2. The Balaban J connectivity index is 1.77. The van der Waals surface area contributed by atoms with Crippen LogP contribution in [0.5, 0.6) is 5.88 Å². The van der Waals surface area contributed by atoms with E-state index in [-0.39, 0.29) is 29.4 Å². The largest absolute Gasteiger partial charge is 0.494 e. The molecule has 0 unspecified atom stereocenters. The van der Waals surface area contributed by atoms with Crippen LogP contribution in [0.15, 0.2) is 47.5 Å². The number of carbonyl (C=O) groups is 3. The van der Waals surface area contributed by atoms with E-state index in [0.29, 0.717) is 27.7 Å². The van der Waals surface area contributed by atoms with E-state index in [1.165, 1.54) is 0 Å². The molecule has 7 heteroatoms. The molecular formula is C20H14N2O5. The van der Waals surface area contributed by atoms with Gasteiger partial charge in [0.2, 0.25) is 5.78 Å². The number of aromatic hydroxyl groups is 1. The fourth-order valence-electron chi connectivity index (χ4n) is 3.26. The van der Waals surface area contributed by atoms with E-state index >= 15 is 0 Å². The lowest BCUT2D eigenvalue weighted by Crippen LogP contribution is -2.11. The Hall–Kier alpha value is -3.74. The molecule has 0 spiro atoms. The van der Waals surface area contributed by atoms with E-state index in [1.807, 2.05) is 0 Å². The average Bonchev–Trinajstić information content (AvgIpc) is 3.10. The molecule has 0 bridgehead atoms. The van der Waals surface area contributed by atoms with Gasteiger partial charge in [-0.15, -0.1) is 0 Å². The Labute approximate surface area is 153 Å². The van der Waals surface area contributed by atoms with Crippen LogP contribution in [0.25, 0.3) is 10.9 Å². The fraction of sp³-hybridized carbons (Fsp3) is 0.100. The van der Waals surface area contributed by atoms with Gasteiger partial charge in [0, 0.05) is 22.9 Å². The number of carboxylic acid groups (broad SMARTS) is 1. The Morgan fingerprint density at radius 2 is 1.89 bits per heavy atom. The zero-order valence-electron chi connectivity index (χ0n) is 14.0. The maximum atomic E-state index is 12.7. The van der Waals surface area contributed by atoms with Crippen molar-refractivity contribution in [2.75, 3.05) is 0 Å². The van der Waals surface area contributed by atoms with Gasteiger partial charge in [-0.05, 0) is 29.8 Å². The number of aliphatic carboxylic acids is 1. The Morgan fingerprint density at radius 1 is 1.11 bits per heavy atom. The van der Waals surface area contributed by atoms with Crippen LogP contribution >= 0.6 is 0 Å². The van der Waals surface area contributed by atoms with Gasteiger partial charge in [-0.25, -0.2) is 4.99 Å². The van der Waals surface area contributed by atoms with Crippen molar-refractivity contribution in [3.63, 3.8) is 0 Å². The zero-order valence-corrected chi connectivity index (χ0v) is 14.0. The molecule has 0 fully saturated rings. The number of aromatic nitrogens is 1. The van der Waals surface area contributed by atoms with Crippen LogP contribution in [0.4, 0.5) is 5.69 Å². The molecule has 0 atom stereocenters. The van der Waals surface area contributed by atoms with Crippen molar-refractivity contribution in [2.45, 2.75) is 12.8 Å². The van der Waals surface area contributed by atoms with Crippen molar-refractivity contribution in [1.29, 1.82) is 0 Å². The van der Waals surface area contributed by atoms with Crippen LogP contribution in [0.3, 0.4) is 0 Å². The Morgan fingerprint density at radius 3 is 2.63 bits per heavy atom. The minimum Gasteiger partial charge on any atom is -0.494 e. The number of ketones is 2. The third-order valence-electron chi connectivity index (χ3n) is 4.43. The average molecular weight is 362 g/mol. The highest BCUT2D eigenvalue weighted by Crippen LogP contribution is 2.35. The van der Waals surface area contributed by atoms with Gasteiger partial charge in [0.1, 0.15) is 17.9 Å². The number of carboxylic acids is 1. The third kappa shape index (κ3) is 2.89. The first kappa shape index (κ1) is 16.7. The van der Waals surface area contributed by atoms with E-state index in [9.17, 15) is 19.5 Å². The number of H-pyrrole nitrogens is 1. The molecule has 134 valence electrons. The van der Waals surface area contributed by atoms with Gasteiger partial charge in [0.25, 0.3) is 0 Å². The molecule has 0 saturated heterocycles. The van der Waals surface area contributed by atoms with Gasteiger partial charge in [-0.1, -0.05) is 18.2 Å². The molecule has 1 aliphatic heterocycles. The van der Waals surface area contributed by atoms with E-state index in [1.54, 1.807) is 42.5 Å².